The average molecular weight is 333 g/mol. The van der Waals surface area contributed by atoms with Crippen molar-refractivity contribution in [2.45, 2.75) is 0 Å². The van der Waals surface area contributed by atoms with Crippen LogP contribution in [0.15, 0.2) is 23.9 Å². The van der Waals surface area contributed by atoms with Crippen LogP contribution in [0.5, 0.6) is 0 Å². The average Bonchev–Trinajstić information content (AvgIpc) is 2.48. The number of nitro benzene ring substituents is 1. The van der Waals surface area contributed by atoms with Crippen LogP contribution in [0.1, 0.15) is 0 Å². The Kier molecular flexibility index (Phi) is 5.81. The van der Waals surface area contributed by atoms with Crippen LogP contribution in [-0.4, -0.2) is 31.1 Å². The molecule has 118 valence electrons. The molecule has 22 heavy (non-hydrogen) atoms. The first-order valence-electron chi connectivity index (χ1n) is 5.58. The minimum Gasteiger partial charge on any atom is -0.466 e. The van der Waals surface area contributed by atoms with Crippen LogP contribution in [0.25, 0.3) is 0 Å². The van der Waals surface area contributed by atoms with Crippen LogP contribution >= 0.6 is 11.6 Å². The van der Waals surface area contributed by atoms with Crippen LogP contribution in [0.4, 0.5) is 15.8 Å². The third kappa shape index (κ3) is 4.16. The van der Waals surface area contributed by atoms with Gasteiger partial charge < -0.3 is 14.8 Å². The fourth-order valence-electron chi connectivity index (χ4n) is 1.35. The van der Waals surface area contributed by atoms with Crippen LogP contribution in [0.2, 0.25) is 5.02 Å². The van der Waals surface area contributed by atoms with Gasteiger partial charge in [-0.3, -0.25) is 10.1 Å². The smallest absolute Gasteiger partial charge is 0.354 e. The highest BCUT2D eigenvalue weighted by Crippen LogP contribution is 2.30. The van der Waals surface area contributed by atoms with E-state index in [0.717, 1.165) is 26.4 Å². The van der Waals surface area contributed by atoms with Gasteiger partial charge in [-0.15, -0.1) is 0 Å². The van der Waals surface area contributed by atoms with E-state index in [2.05, 4.69) is 14.8 Å². The van der Waals surface area contributed by atoms with E-state index in [-0.39, 0.29) is 16.4 Å². The molecule has 0 unspecified atom stereocenters. The highest BCUT2D eigenvalue weighted by Gasteiger charge is 2.20. The van der Waals surface area contributed by atoms with Gasteiger partial charge in [0.05, 0.1) is 35.9 Å². The number of hydrogen-bond acceptors (Lipinski definition) is 7. The van der Waals surface area contributed by atoms with E-state index >= 15 is 0 Å². The Morgan fingerprint density at radius 3 is 2.50 bits per heavy atom. The molecule has 0 aliphatic heterocycles. The molecule has 0 aromatic heterocycles. The van der Waals surface area contributed by atoms with Gasteiger partial charge in [0, 0.05) is 12.1 Å². The third-order valence-corrected chi connectivity index (χ3v) is 2.68. The summed E-state index contributed by atoms with van der Waals surface area (Å²) < 4.78 is 22.4. The van der Waals surface area contributed by atoms with Crippen molar-refractivity contribution in [3.8, 4) is 0 Å². The molecule has 1 aromatic carbocycles. The van der Waals surface area contributed by atoms with Gasteiger partial charge in [-0.2, -0.15) is 4.39 Å². The normalized spacial score (nSPS) is 10.8. The van der Waals surface area contributed by atoms with Gasteiger partial charge in [0.25, 0.3) is 0 Å². The Morgan fingerprint density at radius 2 is 2.00 bits per heavy atom. The summed E-state index contributed by atoms with van der Waals surface area (Å²) in [5, 5.41) is 12.7. The Bertz CT molecular complexity index is 661. The molecule has 1 N–H and O–H groups in total. The fourth-order valence-corrected chi connectivity index (χ4v) is 1.56. The summed E-state index contributed by atoms with van der Waals surface area (Å²) in [7, 11) is 2.15. The molecular formula is C12H10ClFN2O6. The van der Waals surface area contributed by atoms with Crippen molar-refractivity contribution in [2.75, 3.05) is 19.5 Å². The van der Waals surface area contributed by atoms with Crippen LogP contribution in [0, 0.1) is 15.9 Å². The lowest BCUT2D eigenvalue weighted by Crippen LogP contribution is -2.16. The van der Waals surface area contributed by atoms with Crippen LogP contribution in [0.3, 0.4) is 0 Å². The van der Waals surface area contributed by atoms with Crippen molar-refractivity contribution in [1.82, 2.24) is 0 Å². The number of hydrogen-bond donors (Lipinski definition) is 1. The van der Waals surface area contributed by atoms with E-state index in [0.29, 0.717) is 6.07 Å². The Morgan fingerprint density at radius 1 is 1.36 bits per heavy atom. The minimum absolute atomic E-state index is 0.162. The third-order valence-electron chi connectivity index (χ3n) is 2.37. The Balaban J connectivity index is 3.22. The summed E-state index contributed by atoms with van der Waals surface area (Å²) in [5.74, 6) is -2.98. The number of anilines is 1. The SMILES string of the molecule is COC(=O)/C=C(/Nc1cc(F)c([N+](=O)[O-])cc1Cl)C(=O)OC. The van der Waals surface area contributed by atoms with E-state index in [1.165, 1.54) is 0 Å². The molecule has 0 radical (unpaired) electrons. The van der Waals surface area contributed by atoms with Gasteiger partial charge in [0.2, 0.25) is 5.82 Å². The van der Waals surface area contributed by atoms with Crippen molar-refractivity contribution < 1.29 is 28.4 Å². The number of carbonyl (C=O) groups is 2. The zero-order valence-electron chi connectivity index (χ0n) is 11.4. The zero-order chi connectivity index (χ0) is 16.9. The molecule has 1 aromatic rings. The maximum absolute atomic E-state index is 13.6. The van der Waals surface area contributed by atoms with E-state index in [9.17, 15) is 24.1 Å². The quantitative estimate of drug-likeness (QED) is 0.380. The maximum Gasteiger partial charge on any atom is 0.354 e. The summed E-state index contributed by atoms with van der Waals surface area (Å²) in [6, 6.07) is 1.49. The second-order valence-electron chi connectivity index (χ2n) is 3.74. The topological polar surface area (TPSA) is 108 Å². The molecule has 0 amide bonds. The number of nitro groups is 1. The molecule has 0 atom stereocenters. The van der Waals surface area contributed by atoms with Crippen molar-refractivity contribution >= 4 is 34.9 Å². The van der Waals surface area contributed by atoms with Gasteiger partial charge in [0.15, 0.2) is 0 Å². The molecule has 0 spiro atoms. The first kappa shape index (κ1) is 17.4. The number of ether oxygens (including phenoxy) is 2. The molecule has 1 rings (SSSR count). The number of esters is 2. The molecule has 10 heteroatoms. The summed E-state index contributed by atoms with van der Waals surface area (Å²) >= 11 is 5.78. The molecule has 0 aliphatic rings. The predicted molar refractivity (Wildman–Crippen MR) is 73.8 cm³/mol. The van der Waals surface area contributed by atoms with Crippen LogP contribution < -0.4 is 5.32 Å². The number of rotatable bonds is 5. The summed E-state index contributed by atoms with van der Waals surface area (Å²) in [4.78, 5) is 32.4. The molecule has 0 heterocycles. The van der Waals surface area contributed by atoms with Gasteiger partial charge in [0.1, 0.15) is 5.70 Å². The fraction of sp³-hybridized carbons (Fsp3) is 0.167. The molecule has 0 fully saturated rings. The van der Waals surface area contributed by atoms with Gasteiger partial charge in [-0.25, -0.2) is 9.59 Å². The van der Waals surface area contributed by atoms with E-state index < -0.39 is 28.4 Å². The van der Waals surface area contributed by atoms with Gasteiger partial charge >= 0.3 is 17.6 Å². The van der Waals surface area contributed by atoms with E-state index in [1.54, 1.807) is 0 Å². The van der Waals surface area contributed by atoms with Crippen molar-refractivity contribution in [3.05, 3.63) is 44.9 Å². The largest absolute Gasteiger partial charge is 0.466 e. The van der Waals surface area contributed by atoms with E-state index in [4.69, 9.17) is 11.6 Å². The summed E-state index contributed by atoms with van der Waals surface area (Å²) in [5.41, 5.74) is -1.37. The summed E-state index contributed by atoms with van der Waals surface area (Å²) in [6.07, 6.45) is 0.765. The molecule has 0 aliphatic carbocycles. The lowest BCUT2D eigenvalue weighted by molar-refractivity contribution is -0.387. The molecular weight excluding hydrogens is 323 g/mol. The minimum atomic E-state index is -1.17. The first-order valence-corrected chi connectivity index (χ1v) is 5.96. The predicted octanol–water partition coefficient (Wildman–Crippen LogP) is 2.03. The van der Waals surface area contributed by atoms with Gasteiger partial charge in [-0.05, 0) is 0 Å². The second kappa shape index (κ2) is 7.36. The highest BCUT2D eigenvalue weighted by atomic mass is 35.5. The summed E-state index contributed by atoms with van der Waals surface area (Å²) in [6.45, 7) is 0. The number of methoxy groups -OCH3 is 2. The first-order chi connectivity index (χ1) is 10.3. The standard InChI is InChI=1S/C12H10ClFN2O6/c1-21-11(17)5-9(12(18)22-2)15-8-4-7(14)10(16(19)20)3-6(8)13/h3-5,15H,1-2H3/b9-5+. The number of nitrogens with one attached hydrogen (secondary N) is 1. The Hall–Kier alpha value is -2.68. The second-order valence-corrected chi connectivity index (χ2v) is 4.15. The zero-order valence-corrected chi connectivity index (χ0v) is 12.1. The lowest BCUT2D eigenvalue weighted by Gasteiger charge is -2.10. The highest BCUT2D eigenvalue weighted by molar-refractivity contribution is 6.33. The monoisotopic (exact) mass is 332 g/mol. The van der Waals surface area contributed by atoms with E-state index in [1.807, 2.05) is 0 Å². The Labute approximate surface area is 128 Å². The molecule has 0 saturated heterocycles. The number of halogens is 2. The number of nitrogens with zero attached hydrogens (tertiary/aromatic N) is 1. The lowest BCUT2D eigenvalue weighted by atomic mass is 10.2. The van der Waals surface area contributed by atoms with Crippen molar-refractivity contribution in [2.24, 2.45) is 0 Å². The molecule has 8 nitrogen and oxygen atoms in total. The number of carbonyl (C=O) groups excluding carboxylic acids is 2. The van der Waals surface area contributed by atoms with Crippen molar-refractivity contribution in [1.29, 1.82) is 0 Å². The molecule has 0 saturated carbocycles. The molecule has 0 bridgehead atoms. The number of benzene rings is 1. The van der Waals surface area contributed by atoms with Crippen molar-refractivity contribution in [3.63, 3.8) is 0 Å². The van der Waals surface area contributed by atoms with Crippen LogP contribution in [-0.2, 0) is 19.1 Å². The van der Waals surface area contributed by atoms with Gasteiger partial charge in [-0.1, -0.05) is 11.6 Å². The maximum atomic E-state index is 13.6.